The molecule has 0 bridgehead atoms. The topological polar surface area (TPSA) is 104 Å². The second-order valence-electron chi connectivity index (χ2n) is 4.32. The maximum Gasteiger partial charge on any atom is 0.265 e. The lowest BCUT2D eigenvalue weighted by Crippen LogP contribution is -2.16. The van der Waals surface area contributed by atoms with E-state index in [1.165, 1.54) is 0 Å². The summed E-state index contributed by atoms with van der Waals surface area (Å²) in [5.41, 5.74) is 0.776. The van der Waals surface area contributed by atoms with Crippen LogP contribution in [0.1, 0.15) is 18.3 Å². The third kappa shape index (κ3) is 3.17. The second-order valence-corrected chi connectivity index (χ2v) is 5.94. The molecule has 21 heavy (non-hydrogen) atoms. The summed E-state index contributed by atoms with van der Waals surface area (Å²) in [6.07, 6.45) is 0. The third-order valence-electron chi connectivity index (χ3n) is 2.81. The smallest absolute Gasteiger partial charge is 0.265 e. The van der Waals surface area contributed by atoms with Crippen molar-refractivity contribution < 1.29 is 18.3 Å². The molecule has 0 aliphatic rings. The van der Waals surface area contributed by atoms with E-state index >= 15 is 0 Å². The van der Waals surface area contributed by atoms with Gasteiger partial charge in [0.15, 0.2) is 0 Å². The number of anilines is 1. The molecule has 1 heterocycles. The Morgan fingerprint density at radius 1 is 1.38 bits per heavy atom. The van der Waals surface area contributed by atoms with E-state index in [1.54, 1.807) is 31.2 Å². The highest BCUT2D eigenvalue weighted by Crippen LogP contribution is 2.28. The lowest BCUT2D eigenvalue weighted by Gasteiger charge is -2.12. The van der Waals surface area contributed by atoms with Crippen LogP contribution in [-0.4, -0.2) is 30.3 Å². The fourth-order valence-corrected chi connectivity index (χ4v) is 3.39. The van der Waals surface area contributed by atoms with Crippen LogP contribution in [0.15, 0.2) is 29.2 Å². The van der Waals surface area contributed by atoms with Crippen LogP contribution < -0.4 is 9.46 Å². The minimum absolute atomic E-state index is 0.0451. The van der Waals surface area contributed by atoms with E-state index in [2.05, 4.69) is 14.9 Å². The van der Waals surface area contributed by atoms with E-state index in [-0.39, 0.29) is 10.6 Å². The Labute approximate surface area is 123 Å². The van der Waals surface area contributed by atoms with Gasteiger partial charge in [0.2, 0.25) is 0 Å². The van der Waals surface area contributed by atoms with Gasteiger partial charge in [0, 0.05) is 0 Å². The quantitative estimate of drug-likeness (QED) is 0.748. The number of benzene rings is 1. The number of rotatable bonds is 6. The predicted octanol–water partition coefficient (Wildman–Crippen LogP) is 1.41. The van der Waals surface area contributed by atoms with Gasteiger partial charge in [-0.05, 0) is 26.0 Å². The van der Waals surface area contributed by atoms with E-state index in [9.17, 15) is 13.5 Å². The maximum atomic E-state index is 12.5. The van der Waals surface area contributed by atoms with E-state index in [0.29, 0.717) is 23.7 Å². The van der Waals surface area contributed by atoms with Crippen LogP contribution in [0.2, 0.25) is 0 Å². The van der Waals surface area contributed by atoms with Crippen molar-refractivity contribution in [2.24, 2.45) is 0 Å². The van der Waals surface area contributed by atoms with E-state index < -0.39 is 16.6 Å². The van der Waals surface area contributed by atoms with Gasteiger partial charge in [-0.1, -0.05) is 12.1 Å². The third-order valence-corrected chi connectivity index (χ3v) is 4.38. The summed E-state index contributed by atoms with van der Waals surface area (Å²) in [6.45, 7) is 3.35. The van der Waals surface area contributed by atoms with E-state index in [0.717, 1.165) is 0 Å². The van der Waals surface area contributed by atoms with Crippen molar-refractivity contribution in [1.29, 1.82) is 0 Å². The first-order chi connectivity index (χ1) is 9.99. The first kappa shape index (κ1) is 15.3. The Kier molecular flexibility index (Phi) is 4.49. The average Bonchev–Trinajstić information content (AvgIpc) is 2.83. The van der Waals surface area contributed by atoms with Crippen molar-refractivity contribution in [2.45, 2.75) is 25.3 Å². The predicted molar refractivity (Wildman–Crippen MR) is 77.7 cm³/mol. The Bertz CT molecular complexity index is 725. The Morgan fingerprint density at radius 3 is 2.76 bits per heavy atom. The monoisotopic (exact) mass is 311 g/mol. The molecule has 0 saturated heterocycles. The van der Waals surface area contributed by atoms with Gasteiger partial charge in [0.05, 0.1) is 24.6 Å². The summed E-state index contributed by atoms with van der Waals surface area (Å²) in [6, 6.07) is 6.74. The lowest BCUT2D eigenvalue weighted by atomic mass is 10.3. The summed E-state index contributed by atoms with van der Waals surface area (Å²) in [5, 5.41) is 15.5. The number of aromatic amines is 1. The van der Waals surface area contributed by atoms with Crippen LogP contribution >= 0.6 is 0 Å². The highest BCUT2D eigenvalue weighted by atomic mass is 32.2. The summed E-state index contributed by atoms with van der Waals surface area (Å²) in [7, 11) is -3.87. The summed E-state index contributed by atoms with van der Waals surface area (Å²) in [5.74, 6) is 0.440. The number of hydrogen-bond donors (Lipinski definition) is 3. The highest BCUT2D eigenvalue weighted by Gasteiger charge is 2.25. The number of sulfonamides is 1. The molecule has 0 saturated carbocycles. The molecule has 0 aliphatic heterocycles. The lowest BCUT2D eigenvalue weighted by molar-refractivity contribution is 0.273. The van der Waals surface area contributed by atoms with Gasteiger partial charge in [-0.3, -0.25) is 9.82 Å². The molecule has 2 aromatic rings. The van der Waals surface area contributed by atoms with Gasteiger partial charge < -0.3 is 9.84 Å². The number of nitrogens with zero attached hydrogens (tertiary/aromatic N) is 1. The first-order valence-electron chi connectivity index (χ1n) is 6.39. The van der Waals surface area contributed by atoms with Gasteiger partial charge in [-0.2, -0.15) is 5.10 Å². The molecule has 3 N–H and O–H groups in total. The first-order valence-corrected chi connectivity index (χ1v) is 7.87. The molecule has 1 aromatic carbocycles. The molecule has 0 amide bonds. The van der Waals surface area contributed by atoms with Gasteiger partial charge >= 0.3 is 0 Å². The van der Waals surface area contributed by atoms with E-state index in [1.807, 2.05) is 6.92 Å². The van der Waals surface area contributed by atoms with Crippen molar-refractivity contribution in [3.8, 4) is 5.75 Å². The van der Waals surface area contributed by atoms with Crippen molar-refractivity contribution in [1.82, 2.24) is 10.2 Å². The van der Waals surface area contributed by atoms with Crippen molar-refractivity contribution in [3.05, 3.63) is 35.7 Å². The van der Waals surface area contributed by atoms with Gasteiger partial charge in [0.25, 0.3) is 10.0 Å². The van der Waals surface area contributed by atoms with Crippen LogP contribution in [0, 0.1) is 6.92 Å². The standard InChI is InChI=1S/C13H17N3O4S/c1-3-20-12-7-5-4-6-10(12)16-21(18,19)13-9(2)14-15-11(13)8-17/h4-7,16-17H,3,8H2,1-2H3,(H,14,15). The second kappa shape index (κ2) is 6.15. The van der Waals surface area contributed by atoms with E-state index in [4.69, 9.17) is 4.74 Å². The van der Waals surface area contributed by atoms with Crippen LogP contribution in [0.5, 0.6) is 5.75 Å². The minimum Gasteiger partial charge on any atom is -0.492 e. The number of H-pyrrole nitrogens is 1. The summed E-state index contributed by atoms with van der Waals surface area (Å²) >= 11 is 0. The fraction of sp³-hybridized carbons (Fsp3) is 0.308. The number of para-hydroxylation sites is 2. The molecule has 0 unspecified atom stereocenters. The molecule has 0 aliphatic carbocycles. The molecule has 2 rings (SSSR count). The van der Waals surface area contributed by atoms with Gasteiger partial charge in [-0.15, -0.1) is 0 Å². The fourth-order valence-electron chi connectivity index (χ4n) is 1.96. The molecular weight excluding hydrogens is 294 g/mol. The van der Waals surface area contributed by atoms with Crippen molar-refractivity contribution >= 4 is 15.7 Å². The molecule has 114 valence electrons. The number of aliphatic hydroxyl groups is 1. The Hall–Kier alpha value is -2.06. The van der Waals surface area contributed by atoms with Crippen LogP contribution in [0.3, 0.4) is 0 Å². The molecule has 0 spiro atoms. The van der Waals surface area contributed by atoms with Crippen molar-refractivity contribution in [3.63, 3.8) is 0 Å². The minimum atomic E-state index is -3.87. The zero-order valence-corrected chi connectivity index (χ0v) is 12.6. The summed E-state index contributed by atoms with van der Waals surface area (Å²) < 4.78 is 32.8. The molecule has 0 fully saturated rings. The average molecular weight is 311 g/mol. The Balaban J connectivity index is 2.40. The molecular formula is C13H17N3O4S. The number of hydrogen-bond acceptors (Lipinski definition) is 5. The Morgan fingerprint density at radius 2 is 2.10 bits per heavy atom. The van der Waals surface area contributed by atoms with Crippen LogP contribution in [0.25, 0.3) is 0 Å². The molecule has 0 radical (unpaired) electrons. The van der Waals surface area contributed by atoms with Crippen molar-refractivity contribution in [2.75, 3.05) is 11.3 Å². The highest BCUT2D eigenvalue weighted by molar-refractivity contribution is 7.92. The van der Waals surface area contributed by atoms with Crippen LogP contribution in [-0.2, 0) is 16.6 Å². The number of aromatic nitrogens is 2. The van der Waals surface area contributed by atoms with Gasteiger partial charge in [-0.25, -0.2) is 8.42 Å². The molecule has 7 nitrogen and oxygen atoms in total. The normalized spacial score (nSPS) is 11.4. The largest absolute Gasteiger partial charge is 0.492 e. The number of aliphatic hydroxyl groups excluding tert-OH is 1. The molecule has 8 heteroatoms. The maximum absolute atomic E-state index is 12.5. The zero-order valence-electron chi connectivity index (χ0n) is 11.8. The summed E-state index contributed by atoms with van der Waals surface area (Å²) in [4.78, 5) is -0.0451. The molecule has 1 aromatic heterocycles. The number of nitrogens with one attached hydrogen (secondary N) is 2. The SMILES string of the molecule is CCOc1ccccc1NS(=O)(=O)c1c(CO)n[nH]c1C. The van der Waals surface area contributed by atoms with Gasteiger partial charge in [0.1, 0.15) is 16.3 Å². The number of aryl methyl sites for hydroxylation is 1. The zero-order chi connectivity index (χ0) is 15.5. The van der Waals surface area contributed by atoms with Crippen LogP contribution in [0.4, 0.5) is 5.69 Å². The molecule has 0 atom stereocenters. The number of ether oxygens (including phenoxy) is 1.